The van der Waals surface area contributed by atoms with Crippen LogP contribution in [0.5, 0.6) is 5.75 Å². The minimum Gasteiger partial charge on any atom is -0.502 e. The number of nitrogens with zero attached hydrogens (tertiary/aromatic N) is 4. The van der Waals surface area contributed by atoms with E-state index >= 15 is 0 Å². The van der Waals surface area contributed by atoms with Gasteiger partial charge in [-0.15, -0.1) is 0 Å². The number of hydrazine groups is 1. The number of benzene rings is 2. The molecule has 3 heterocycles. The van der Waals surface area contributed by atoms with Gasteiger partial charge in [-0.3, -0.25) is 14.6 Å². The molecular weight excluding hydrogens is 416 g/mol. The van der Waals surface area contributed by atoms with E-state index in [1.54, 1.807) is 9.69 Å². The van der Waals surface area contributed by atoms with Gasteiger partial charge < -0.3 is 5.11 Å². The summed E-state index contributed by atoms with van der Waals surface area (Å²) in [5.41, 5.74) is 4.31. The molecule has 7 nitrogen and oxygen atoms in total. The van der Waals surface area contributed by atoms with Gasteiger partial charge in [0.1, 0.15) is 6.17 Å². The molecule has 0 spiro atoms. The molecule has 1 aromatic heterocycles. The van der Waals surface area contributed by atoms with E-state index < -0.39 is 11.2 Å². The van der Waals surface area contributed by atoms with Crippen molar-refractivity contribution in [1.29, 1.82) is 0 Å². The molecule has 2 aromatic carbocycles. The second-order valence-corrected chi connectivity index (χ2v) is 9.38. The monoisotopic (exact) mass is 442 g/mol. The molecule has 3 aromatic rings. The van der Waals surface area contributed by atoms with Gasteiger partial charge in [-0.2, -0.15) is 10.1 Å². The average Bonchev–Trinajstić information content (AvgIpc) is 2.99. The van der Waals surface area contributed by atoms with E-state index in [2.05, 4.69) is 65.6 Å². The van der Waals surface area contributed by atoms with Crippen LogP contribution in [0.2, 0.25) is 0 Å². The molecule has 1 amide bonds. The van der Waals surface area contributed by atoms with Gasteiger partial charge in [0.05, 0.1) is 6.20 Å². The van der Waals surface area contributed by atoms with Crippen molar-refractivity contribution in [2.75, 3.05) is 13.1 Å². The zero-order valence-corrected chi connectivity index (χ0v) is 18.5. The summed E-state index contributed by atoms with van der Waals surface area (Å²) in [5, 5.41) is 18.9. The first-order chi connectivity index (χ1) is 16.0. The normalized spacial score (nSPS) is 22.7. The van der Waals surface area contributed by atoms with Gasteiger partial charge >= 0.3 is 0 Å². The van der Waals surface area contributed by atoms with Crippen molar-refractivity contribution in [3.8, 4) is 5.75 Å². The maximum absolute atomic E-state index is 13.4. The van der Waals surface area contributed by atoms with Crippen molar-refractivity contribution in [3.63, 3.8) is 0 Å². The third-order valence-corrected chi connectivity index (χ3v) is 7.36. The van der Waals surface area contributed by atoms with Gasteiger partial charge in [-0.25, -0.2) is 4.68 Å². The maximum atomic E-state index is 13.4. The highest BCUT2D eigenvalue weighted by molar-refractivity contribution is 5.95. The summed E-state index contributed by atoms with van der Waals surface area (Å²) in [4.78, 5) is 25.7. The van der Waals surface area contributed by atoms with Gasteiger partial charge in [-0.1, -0.05) is 55.5 Å². The Bertz CT molecular complexity index is 1270. The Hall–Kier alpha value is -3.45. The molecule has 7 heteroatoms. The third-order valence-electron chi connectivity index (χ3n) is 7.36. The van der Waals surface area contributed by atoms with Crippen molar-refractivity contribution in [3.05, 3.63) is 92.9 Å². The first kappa shape index (κ1) is 20.2. The van der Waals surface area contributed by atoms with Crippen LogP contribution in [0.15, 0.2) is 59.5 Å². The van der Waals surface area contributed by atoms with E-state index in [9.17, 15) is 14.7 Å². The second-order valence-electron chi connectivity index (χ2n) is 9.38. The van der Waals surface area contributed by atoms with Crippen LogP contribution in [0.4, 0.5) is 0 Å². The van der Waals surface area contributed by atoms with Crippen LogP contribution >= 0.6 is 0 Å². The summed E-state index contributed by atoms with van der Waals surface area (Å²) >= 11 is 0. The zero-order valence-electron chi connectivity index (χ0n) is 18.5. The van der Waals surface area contributed by atoms with Crippen LogP contribution in [0, 0.1) is 5.92 Å². The van der Waals surface area contributed by atoms with E-state index in [-0.39, 0.29) is 23.7 Å². The Kier molecular flexibility index (Phi) is 4.62. The number of carbonyl (C=O) groups excluding carboxylic acids is 1. The summed E-state index contributed by atoms with van der Waals surface area (Å²) < 4.78 is 1.59. The molecule has 0 unspecified atom stereocenters. The number of rotatable bonds is 1. The van der Waals surface area contributed by atoms with E-state index in [1.807, 2.05) is 0 Å². The topological polar surface area (TPSA) is 78.7 Å². The van der Waals surface area contributed by atoms with E-state index in [1.165, 1.54) is 22.3 Å². The van der Waals surface area contributed by atoms with Crippen LogP contribution in [0.1, 0.15) is 58.2 Å². The third kappa shape index (κ3) is 3.03. The highest BCUT2D eigenvalue weighted by Crippen LogP contribution is 2.46. The lowest BCUT2D eigenvalue weighted by molar-refractivity contribution is -0.116. The number of carbonyl (C=O) groups is 1. The summed E-state index contributed by atoms with van der Waals surface area (Å²) in [7, 11) is 0. The van der Waals surface area contributed by atoms with Crippen molar-refractivity contribution < 1.29 is 9.90 Å². The van der Waals surface area contributed by atoms with Gasteiger partial charge in [0.25, 0.3) is 5.91 Å². The Morgan fingerprint density at radius 2 is 1.61 bits per heavy atom. The molecule has 1 fully saturated rings. The van der Waals surface area contributed by atoms with Crippen molar-refractivity contribution >= 4 is 5.91 Å². The van der Waals surface area contributed by atoms with Crippen LogP contribution < -0.4 is 5.43 Å². The molecule has 0 bridgehead atoms. The van der Waals surface area contributed by atoms with Crippen LogP contribution in [-0.4, -0.2) is 43.9 Å². The summed E-state index contributed by atoms with van der Waals surface area (Å²) in [6.07, 6.45) is 3.48. The van der Waals surface area contributed by atoms with Crippen molar-refractivity contribution in [2.24, 2.45) is 5.92 Å². The average molecular weight is 443 g/mol. The van der Waals surface area contributed by atoms with Gasteiger partial charge in [0.2, 0.25) is 5.43 Å². The first-order valence-corrected chi connectivity index (χ1v) is 11.6. The predicted octanol–water partition coefficient (Wildman–Crippen LogP) is 3.09. The zero-order chi connectivity index (χ0) is 22.7. The standard InChI is InChI=1S/C26H26N4O3/c1-16-12-13-28-26(33)23-24(32)21(31)14-27-30(23)25(29(28)15-16)22-19-8-4-2-6-17(19)10-11-18-7-3-5-9-20(18)22/h2-9,14,16,22,25,32H,10-13,15H2,1H3/t16-,25+/m1/s1. The fraction of sp³-hybridized carbons (Fsp3) is 0.346. The van der Waals surface area contributed by atoms with Crippen LogP contribution in [-0.2, 0) is 12.8 Å². The largest absolute Gasteiger partial charge is 0.502 e. The number of hydrogen-bond donors (Lipinski definition) is 1. The second kappa shape index (κ2) is 7.56. The SMILES string of the molecule is C[C@@H]1CCN2C(=O)c3c(O)c(=O)cnn3[C@@H](C3c4ccccc4CCc4ccccc43)N2C1. The number of hydrogen-bond acceptors (Lipinski definition) is 5. The molecular formula is C26H26N4O3. The number of fused-ring (bicyclic) bond motifs is 4. The molecule has 0 saturated carbocycles. The summed E-state index contributed by atoms with van der Waals surface area (Å²) in [5.74, 6) is -0.596. The van der Waals surface area contributed by atoms with E-state index in [4.69, 9.17) is 0 Å². The highest BCUT2D eigenvalue weighted by Gasteiger charge is 2.47. The molecule has 33 heavy (non-hydrogen) atoms. The first-order valence-electron chi connectivity index (χ1n) is 11.6. The molecule has 1 N–H and O–H groups in total. The molecule has 3 aliphatic rings. The molecule has 2 aliphatic heterocycles. The summed E-state index contributed by atoms with van der Waals surface area (Å²) in [6.45, 7) is 3.44. The number of aromatic nitrogens is 2. The van der Waals surface area contributed by atoms with Gasteiger partial charge in [0, 0.05) is 19.0 Å². The van der Waals surface area contributed by atoms with E-state index in [0.717, 1.165) is 25.5 Å². The number of aryl methyl sites for hydroxylation is 2. The van der Waals surface area contributed by atoms with Crippen molar-refractivity contribution in [1.82, 2.24) is 19.8 Å². The van der Waals surface area contributed by atoms with Gasteiger partial charge in [0.15, 0.2) is 11.4 Å². The molecule has 1 aliphatic carbocycles. The quantitative estimate of drug-likeness (QED) is 0.627. The lowest BCUT2D eigenvalue weighted by Gasteiger charge is -2.51. The minimum atomic E-state index is -0.631. The molecule has 0 radical (unpaired) electrons. The highest BCUT2D eigenvalue weighted by atomic mass is 16.3. The van der Waals surface area contributed by atoms with Gasteiger partial charge in [-0.05, 0) is 47.4 Å². The Morgan fingerprint density at radius 1 is 0.970 bits per heavy atom. The Balaban J connectivity index is 1.66. The van der Waals surface area contributed by atoms with E-state index in [0.29, 0.717) is 19.0 Å². The maximum Gasteiger partial charge on any atom is 0.290 e. The van der Waals surface area contributed by atoms with Crippen molar-refractivity contribution in [2.45, 2.75) is 38.3 Å². The molecule has 168 valence electrons. The lowest BCUT2D eigenvalue weighted by Crippen LogP contribution is -2.61. The summed E-state index contributed by atoms with van der Waals surface area (Å²) in [6, 6.07) is 16.9. The fourth-order valence-electron chi connectivity index (χ4n) is 5.76. The smallest absolute Gasteiger partial charge is 0.290 e. The number of aromatic hydroxyl groups is 1. The molecule has 2 atom stereocenters. The Morgan fingerprint density at radius 3 is 2.27 bits per heavy atom. The predicted molar refractivity (Wildman–Crippen MR) is 123 cm³/mol. The Labute approximate surface area is 191 Å². The minimum absolute atomic E-state index is 0.0162. The fourth-order valence-corrected chi connectivity index (χ4v) is 5.76. The van der Waals surface area contributed by atoms with Crippen LogP contribution in [0.25, 0.3) is 0 Å². The van der Waals surface area contributed by atoms with Crippen LogP contribution in [0.3, 0.4) is 0 Å². The molecule has 6 rings (SSSR count). The lowest BCUT2D eigenvalue weighted by atomic mass is 9.84. The molecule has 1 saturated heterocycles. The number of amides is 1.